The second-order valence-corrected chi connectivity index (χ2v) is 3.57. The summed E-state index contributed by atoms with van der Waals surface area (Å²) < 4.78 is 38.8. The van der Waals surface area contributed by atoms with Crippen LogP contribution in [0.2, 0.25) is 5.02 Å². The Morgan fingerprint density at radius 3 is 2.38 bits per heavy atom. The summed E-state index contributed by atoms with van der Waals surface area (Å²) in [7, 11) is 0. The molecule has 0 spiro atoms. The highest BCUT2D eigenvalue weighted by molar-refractivity contribution is 6.33. The van der Waals surface area contributed by atoms with Gasteiger partial charge in [-0.1, -0.05) is 11.6 Å². The second-order valence-electron chi connectivity index (χ2n) is 3.17. The fourth-order valence-electron chi connectivity index (χ4n) is 1.34. The zero-order valence-corrected chi connectivity index (χ0v) is 8.65. The van der Waals surface area contributed by atoms with Gasteiger partial charge in [0.1, 0.15) is 17.5 Å². The van der Waals surface area contributed by atoms with Crippen LogP contribution in [0.15, 0.2) is 30.3 Å². The lowest BCUT2D eigenvalue weighted by atomic mass is 10.1. The molecule has 0 aliphatic heterocycles. The maximum atomic E-state index is 13.4. The van der Waals surface area contributed by atoms with Gasteiger partial charge in [-0.15, -0.1) is 0 Å². The van der Waals surface area contributed by atoms with Crippen LogP contribution in [0.4, 0.5) is 13.2 Å². The highest BCUT2D eigenvalue weighted by Gasteiger charge is 2.10. The molecule has 0 atom stereocenters. The molecule has 0 N–H and O–H groups in total. The van der Waals surface area contributed by atoms with Gasteiger partial charge < -0.3 is 0 Å². The summed E-state index contributed by atoms with van der Waals surface area (Å²) in [6, 6.07) is 7.69. The minimum Gasteiger partial charge on any atom is -0.207 e. The van der Waals surface area contributed by atoms with E-state index in [2.05, 4.69) is 6.07 Å². The molecule has 81 valence electrons. The number of halogens is 4. The average molecular weight is 242 g/mol. The minimum absolute atomic E-state index is 0.0198. The lowest BCUT2D eigenvalue weighted by Crippen LogP contribution is -1.88. The number of rotatable bonds is 1. The van der Waals surface area contributed by atoms with E-state index in [1.807, 2.05) is 0 Å². The third kappa shape index (κ3) is 2.04. The van der Waals surface area contributed by atoms with E-state index in [-0.39, 0.29) is 16.1 Å². The maximum absolute atomic E-state index is 13.4. The smallest absolute Gasteiger partial charge is 0.134 e. The molecular weight excluding hydrogens is 237 g/mol. The Labute approximate surface area is 95.3 Å². The highest BCUT2D eigenvalue weighted by Crippen LogP contribution is 2.30. The average Bonchev–Trinajstić information content (AvgIpc) is 2.19. The topological polar surface area (TPSA) is 0 Å². The van der Waals surface area contributed by atoms with Crippen LogP contribution < -0.4 is 0 Å². The van der Waals surface area contributed by atoms with E-state index in [9.17, 15) is 13.2 Å². The third-order valence-electron chi connectivity index (χ3n) is 2.06. The lowest BCUT2D eigenvalue weighted by molar-refractivity contribution is 0.585. The second kappa shape index (κ2) is 4.18. The Morgan fingerprint density at radius 1 is 1.00 bits per heavy atom. The van der Waals surface area contributed by atoms with Gasteiger partial charge in [-0.05, 0) is 30.3 Å². The predicted octanol–water partition coefficient (Wildman–Crippen LogP) is 4.22. The fraction of sp³-hybridized carbons (Fsp3) is 0. The third-order valence-corrected chi connectivity index (χ3v) is 2.37. The van der Waals surface area contributed by atoms with Crippen LogP contribution >= 0.6 is 11.6 Å². The van der Waals surface area contributed by atoms with E-state index < -0.39 is 17.5 Å². The molecule has 0 heterocycles. The Hall–Kier alpha value is -1.48. The van der Waals surface area contributed by atoms with Gasteiger partial charge in [0.05, 0.1) is 5.02 Å². The van der Waals surface area contributed by atoms with Gasteiger partial charge in [0.2, 0.25) is 0 Å². The van der Waals surface area contributed by atoms with Crippen LogP contribution in [-0.4, -0.2) is 0 Å². The molecule has 2 aromatic rings. The van der Waals surface area contributed by atoms with Crippen molar-refractivity contribution in [3.63, 3.8) is 0 Å². The lowest BCUT2D eigenvalue weighted by Gasteiger charge is -2.05. The summed E-state index contributed by atoms with van der Waals surface area (Å²) in [6.07, 6.45) is 0. The molecule has 0 saturated carbocycles. The van der Waals surface area contributed by atoms with E-state index in [0.29, 0.717) is 0 Å². The SMILES string of the molecule is Fc1c[c]c(-c2ccc(F)cc2Cl)c(F)c1. The molecule has 1 radical (unpaired) electrons. The number of hydrogen-bond donors (Lipinski definition) is 0. The molecule has 0 aliphatic carbocycles. The van der Waals surface area contributed by atoms with Crippen LogP contribution in [0.25, 0.3) is 11.1 Å². The molecule has 16 heavy (non-hydrogen) atoms. The number of hydrogen-bond acceptors (Lipinski definition) is 0. The van der Waals surface area contributed by atoms with E-state index in [0.717, 1.165) is 24.3 Å². The first kappa shape index (κ1) is 11.0. The van der Waals surface area contributed by atoms with Crippen LogP contribution in [0.5, 0.6) is 0 Å². The summed E-state index contributed by atoms with van der Waals surface area (Å²) >= 11 is 5.76. The molecule has 2 aromatic carbocycles. The minimum atomic E-state index is -0.784. The van der Waals surface area contributed by atoms with Crippen LogP contribution in [0, 0.1) is 23.5 Å². The zero-order valence-electron chi connectivity index (χ0n) is 7.90. The van der Waals surface area contributed by atoms with Gasteiger partial charge in [-0.3, -0.25) is 0 Å². The molecule has 0 aliphatic rings. The fourth-order valence-corrected chi connectivity index (χ4v) is 1.61. The van der Waals surface area contributed by atoms with Gasteiger partial charge in [-0.2, -0.15) is 0 Å². The molecule has 0 aromatic heterocycles. The van der Waals surface area contributed by atoms with Crippen LogP contribution in [0.1, 0.15) is 0 Å². The van der Waals surface area contributed by atoms with Gasteiger partial charge in [0.15, 0.2) is 0 Å². The first-order valence-corrected chi connectivity index (χ1v) is 4.78. The zero-order chi connectivity index (χ0) is 11.7. The van der Waals surface area contributed by atoms with Crippen molar-refractivity contribution >= 4 is 11.6 Å². The first-order chi connectivity index (χ1) is 7.58. The molecular formula is C12H5ClF3. The van der Waals surface area contributed by atoms with Crippen molar-refractivity contribution in [1.82, 2.24) is 0 Å². The Bertz CT molecular complexity index is 488. The summed E-state index contributed by atoms with van der Waals surface area (Å²) in [5.41, 5.74) is 0.298. The van der Waals surface area contributed by atoms with E-state index in [4.69, 9.17) is 11.6 Å². The van der Waals surface area contributed by atoms with Gasteiger partial charge in [0.25, 0.3) is 0 Å². The van der Waals surface area contributed by atoms with Crippen molar-refractivity contribution < 1.29 is 13.2 Å². The van der Waals surface area contributed by atoms with Crippen LogP contribution in [-0.2, 0) is 0 Å². The van der Waals surface area contributed by atoms with Gasteiger partial charge in [-0.25, -0.2) is 13.2 Å². The summed E-state index contributed by atoms with van der Waals surface area (Å²) in [4.78, 5) is 0. The van der Waals surface area contributed by atoms with Crippen molar-refractivity contribution in [2.75, 3.05) is 0 Å². The standard InChI is InChI=1S/C12H5ClF3/c13-11-5-7(14)1-3-9(11)10-4-2-8(15)6-12(10)16/h1-3,5-6H. The first-order valence-electron chi connectivity index (χ1n) is 4.40. The highest BCUT2D eigenvalue weighted by atomic mass is 35.5. The van der Waals surface area contributed by atoms with Crippen molar-refractivity contribution in [3.8, 4) is 11.1 Å². The summed E-state index contributed by atoms with van der Waals surface area (Å²) in [5.74, 6) is -2.02. The molecule has 0 fully saturated rings. The Balaban J connectivity index is 2.59. The molecule has 0 saturated heterocycles. The maximum Gasteiger partial charge on any atom is 0.134 e. The van der Waals surface area contributed by atoms with E-state index >= 15 is 0 Å². The van der Waals surface area contributed by atoms with Crippen molar-refractivity contribution in [1.29, 1.82) is 0 Å². The largest absolute Gasteiger partial charge is 0.207 e. The Kier molecular flexibility index (Phi) is 2.88. The number of benzene rings is 2. The van der Waals surface area contributed by atoms with Gasteiger partial charge >= 0.3 is 0 Å². The quantitative estimate of drug-likeness (QED) is 0.701. The molecule has 2 rings (SSSR count). The van der Waals surface area contributed by atoms with E-state index in [1.54, 1.807) is 0 Å². The van der Waals surface area contributed by atoms with Crippen LogP contribution in [0.3, 0.4) is 0 Å². The summed E-state index contributed by atoms with van der Waals surface area (Å²) in [5, 5.41) is 0.0572. The van der Waals surface area contributed by atoms with Crippen molar-refractivity contribution in [3.05, 3.63) is 58.9 Å². The van der Waals surface area contributed by atoms with Crippen molar-refractivity contribution in [2.24, 2.45) is 0 Å². The Morgan fingerprint density at radius 2 is 1.75 bits per heavy atom. The molecule has 0 bridgehead atoms. The normalized spacial score (nSPS) is 10.5. The molecule has 0 amide bonds. The predicted molar refractivity (Wildman–Crippen MR) is 55.6 cm³/mol. The molecule has 0 unspecified atom stereocenters. The summed E-state index contributed by atoms with van der Waals surface area (Å²) in [6.45, 7) is 0. The monoisotopic (exact) mass is 241 g/mol. The molecule has 0 nitrogen and oxygen atoms in total. The van der Waals surface area contributed by atoms with Gasteiger partial charge in [0, 0.05) is 17.2 Å². The van der Waals surface area contributed by atoms with Crippen molar-refractivity contribution in [2.45, 2.75) is 0 Å². The molecule has 4 heteroatoms. The van der Waals surface area contributed by atoms with E-state index in [1.165, 1.54) is 6.07 Å².